The van der Waals surface area contributed by atoms with E-state index in [2.05, 4.69) is 34.4 Å². The molecule has 4 rings (SSSR count). The predicted octanol–water partition coefficient (Wildman–Crippen LogP) is -0.316. The average molecular weight is 888 g/mol. The minimum absolute atomic E-state index is 0.0119. The Morgan fingerprint density at radius 3 is 2.35 bits per heavy atom. The van der Waals surface area contributed by atoms with Crippen molar-refractivity contribution in [3.05, 3.63) is 42.5 Å². The van der Waals surface area contributed by atoms with E-state index in [1.807, 2.05) is 0 Å². The normalized spacial score (nSPS) is 21.4. The zero-order chi connectivity index (χ0) is 42.3. The van der Waals surface area contributed by atoms with Crippen molar-refractivity contribution >= 4 is 69.1 Å². The van der Waals surface area contributed by atoms with Gasteiger partial charge in [0.2, 0.25) is 16.9 Å². The number of nitrogens with one attached hydrogen (secondary N) is 2. The third-order valence-electron chi connectivity index (χ3n) is 7.84. The summed E-state index contributed by atoms with van der Waals surface area (Å²) in [6.07, 6.45) is -7.02. The van der Waals surface area contributed by atoms with Crippen molar-refractivity contribution in [1.82, 2.24) is 30.2 Å². The largest absolute Gasteiger partial charge is 0.508 e. The van der Waals surface area contributed by atoms with Crippen molar-refractivity contribution in [2.75, 3.05) is 37.8 Å². The van der Waals surface area contributed by atoms with Crippen LogP contribution in [0.15, 0.2) is 36.9 Å². The number of aromatic nitrogens is 4. The number of phosphoric ester groups is 3. The summed E-state index contributed by atoms with van der Waals surface area (Å²) in [7, 11) is -16.4. The van der Waals surface area contributed by atoms with Crippen LogP contribution in [0.25, 0.3) is 11.2 Å². The fraction of sp³-hybridized carbons (Fsp3) is 0.500. The summed E-state index contributed by atoms with van der Waals surface area (Å²) in [5.41, 5.74) is 4.60. The first-order valence-electron chi connectivity index (χ1n) is 16.3. The van der Waals surface area contributed by atoms with Gasteiger partial charge in [-0.05, 0) is 24.3 Å². The molecular weight excluding hydrogens is 847 g/mol. The number of aliphatic hydroxyl groups is 2. The van der Waals surface area contributed by atoms with Gasteiger partial charge in [-0.25, -0.2) is 28.6 Å². The molecule has 1 fully saturated rings. The summed E-state index contributed by atoms with van der Waals surface area (Å²) in [5.74, 6) is -1.27. The van der Waals surface area contributed by atoms with Crippen molar-refractivity contribution in [3.8, 4) is 5.75 Å². The molecule has 0 spiro atoms. The van der Waals surface area contributed by atoms with Crippen molar-refractivity contribution in [3.63, 3.8) is 0 Å². The summed E-state index contributed by atoms with van der Waals surface area (Å²) in [4.78, 5) is 87.8. The SMILES string of the molecule is CC(C)(COP(=O)(O)OP(=O)(O)OC[C@H]1O[C@H](n2cnc3c(N)ncnc32)[C@@H](O)[C@H]1OP(=O)(O)O)[C@@H](O)C(=O)NCCC(=O)NCCSC(=O)c1ccc(O)cc1. The number of phosphoric acid groups is 3. The van der Waals surface area contributed by atoms with Crippen LogP contribution in [0, 0.1) is 5.41 Å². The lowest BCUT2D eigenvalue weighted by Crippen LogP contribution is -2.46. The second-order valence-corrected chi connectivity index (χ2v) is 18.1. The molecule has 29 heteroatoms. The topological polar surface area (TPSA) is 384 Å². The van der Waals surface area contributed by atoms with Crippen LogP contribution >= 0.6 is 35.2 Å². The van der Waals surface area contributed by atoms with Crippen LogP contribution in [0.1, 0.15) is 36.9 Å². The maximum Gasteiger partial charge on any atom is 0.481 e. The number of fused-ring (bicyclic) bond motifs is 1. The summed E-state index contributed by atoms with van der Waals surface area (Å²) in [6.45, 7) is 0.331. The van der Waals surface area contributed by atoms with Gasteiger partial charge in [0.1, 0.15) is 42.0 Å². The van der Waals surface area contributed by atoms with E-state index < -0.39 is 84.6 Å². The molecule has 11 N–H and O–H groups in total. The number of phenolic OH excluding ortho intramolecular Hbond substituents is 1. The average Bonchev–Trinajstić information content (AvgIpc) is 3.68. The second-order valence-electron chi connectivity index (χ2n) is 12.8. The van der Waals surface area contributed by atoms with E-state index >= 15 is 0 Å². The lowest BCUT2D eigenvalue weighted by atomic mass is 9.87. The molecule has 2 amide bonds. The number of benzene rings is 1. The molecule has 316 valence electrons. The number of amides is 2. The van der Waals surface area contributed by atoms with E-state index in [0.717, 1.165) is 29.0 Å². The first kappa shape index (κ1) is 46.3. The Kier molecular flexibility index (Phi) is 15.5. The van der Waals surface area contributed by atoms with Gasteiger partial charge in [-0.1, -0.05) is 25.6 Å². The van der Waals surface area contributed by atoms with Gasteiger partial charge in [0, 0.05) is 36.2 Å². The van der Waals surface area contributed by atoms with Crippen molar-refractivity contribution in [1.29, 1.82) is 0 Å². The molecule has 2 unspecified atom stereocenters. The number of nitrogen functional groups attached to an aromatic ring is 1. The highest BCUT2D eigenvalue weighted by molar-refractivity contribution is 8.14. The molecule has 0 radical (unpaired) electrons. The summed E-state index contributed by atoms with van der Waals surface area (Å²) in [5, 5.41) is 35.4. The van der Waals surface area contributed by atoms with E-state index in [9.17, 15) is 63.0 Å². The van der Waals surface area contributed by atoms with Crippen LogP contribution in [0.4, 0.5) is 5.82 Å². The molecule has 7 atom stereocenters. The number of hydrogen-bond donors (Lipinski definition) is 10. The fourth-order valence-corrected chi connectivity index (χ4v) is 8.48. The zero-order valence-corrected chi connectivity index (χ0v) is 33.3. The van der Waals surface area contributed by atoms with Gasteiger partial charge in [-0.3, -0.25) is 32.5 Å². The van der Waals surface area contributed by atoms with Gasteiger partial charge in [0.25, 0.3) is 0 Å². The first-order chi connectivity index (χ1) is 26.5. The molecule has 25 nitrogen and oxygen atoms in total. The van der Waals surface area contributed by atoms with Gasteiger partial charge >= 0.3 is 23.5 Å². The van der Waals surface area contributed by atoms with Crippen LogP contribution in [-0.2, 0) is 45.9 Å². The molecule has 3 aromatic rings. The number of anilines is 1. The van der Waals surface area contributed by atoms with Crippen molar-refractivity contribution in [2.24, 2.45) is 5.41 Å². The van der Waals surface area contributed by atoms with Crippen molar-refractivity contribution in [2.45, 2.75) is 50.9 Å². The fourth-order valence-electron chi connectivity index (χ4n) is 4.95. The minimum atomic E-state index is -5.58. The molecule has 1 aliphatic heterocycles. The third-order valence-corrected chi connectivity index (χ3v) is 11.8. The molecule has 57 heavy (non-hydrogen) atoms. The van der Waals surface area contributed by atoms with Crippen LogP contribution in [-0.4, -0.2) is 128 Å². The second kappa shape index (κ2) is 19.1. The van der Waals surface area contributed by atoms with Crippen LogP contribution in [0.3, 0.4) is 0 Å². The monoisotopic (exact) mass is 887 g/mol. The number of thioether (sulfide) groups is 1. The molecule has 0 saturated carbocycles. The van der Waals surface area contributed by atoms with Crippen molar-refractivity contribution < 1.29 is 85.6 Å². The minimum Gasteiger partial charge on any atom is -0.508 e. The Bertz CT molecular complexity index is 2050. The number of phenols is 1. The standard InChI is InChI=1S/C28H40N7O18P3S/c1-28(2,22(39)25(40)31-8-7-18(37)30-9-10-57-27(41)15-3-5-16(36)6-4-15)12-50-56(47,48)53-55(45,46)49-11-17-21(52-54(42,43)44)20(38)26(51-17)35-14-34-19-23(29)32-13-33-24(19)35/h3-6,13-14,17,20-22,26,36,38-39H,7-12H2,1-2H3,(H,30,37)(H,31,40)(H,45,46)(H,47,48)(H2,29,32,33)(H2,42,43,44)/t17-,20+,21+,22+,26+/m1/s1. The quantitative estimate of drug-likeness (QED) is 0.0513. The van der Waals surface area contributed by atoms with Crippen LogP contribution < -0.4 is 16.4 Å². The molecule has 1 saturated heterocycles. The summed E-state index contributed by atoms with van der Waals surface area (Å²) < 4.78 is 62.1. The molecule has 0 aliphatic carbocycles. The number of aromatic hydroxyl groups is 1. The molecule has 0 bridgehead atoms. The van der Waals surface area contributed by atoms with Gasteiger partial charge < -0.3 is 56.0 Å². The highest BCUT2D eigenvalue weighted by Gasteiger charge is 2.50. The summed E-state index contributed by atoms with van der Waals surface area (Å²) in [6, 6.07) is 5.65. The number of nitrogens with zero attached hydrogens (tertiary/aromatic N) is 4. The van der Waals surface area contributed by atoms with E-state index in [1.165, 1.54) is 38.1 Å². The van der Waals surface area contributed by atoms with Gasteiger partial charge in [0.15, 0.2) is 17.7 Å². The number of carbonyl (C=O) groups is 3. The number of nitrogens with two attached hydrogens (primary N) is 1. The number of ether oxygens (including phenoxy) is 1. The highest BCUT2D eigenvalue weighted by atomic mass is 32.2. The molecule has 3 heterocycles. The molecule has 1 aliphatic rings. The molecule has 2 aromatic heterocycles. The van der Waals surface area contributed by atoms with E-state index in [1.54, 1.807) is 0 Å². The number of carbonyl (C=O) groups excluding carboxylic acids is 3. The lowest BCUT2D eigenvalue weighted by molar-refractivity contribution is -0.137. The van der Waals surface area contributed by atoms with Gasteiger partial charge in [-0.2, -0.15) is 4.31 Å². The summed E-state index contributed by atoms with van der Waals surface area (Å²) >= 11 is 0.948. The Hall–Kier alpha value is -3.42. The number of rotatable bonds is 20. The Balaban J connectivity index is 1.23. The Morgan fingerprint density at radius 2 is 1.68 bits per heavy atom. The number of aliphatic hydroxyl groups excluding tert-OH is 2. The van der Waals surface area contributed by atoms with Gasteiger partial charge in [0.05, 0.1) is 19.5 Å². The predicted molar refractivity (Wildman–Crippen MR) is 195 cm³/mol. The maximum atomic E-state index is 12.7. The lowest BCUT2D eigenvalue weighted by Gasteiger charge is -2.30. The van der Waals surface area contributed by atoms with Crippen LogP contribution in [0.5, 0.6) is 5.75 Å². The third kappa shape index (κ3) is 13.3. The van der Waals surface area contributed by atoms with Crippen LogP contribution in [0.2, 0.25) is 0 Å². The smallest absolute Gasteiger partial charge is 0.481 e. The number of imidazole rings is 1. The van der Waals surface area contributed by atoms with E-state index in [4.69, 9.17) is 19.5 Å². The highest BCUT2D eigenvalue weighted by Crippen LogP contribution is 2.61. The van der Waals surface area contributed by atoms with E-state index in [0.29, 0.717) is 5.56 Å². The Morgan fingerprint density at radius 1 is 1.02 bits per heavy atom. The van der Waals surface area contributed by atoms with Gasteiger partial charge in [-0.15, -0.1) is 0 Å². The Labute approximate surface area is 326 Å². The zero-order valence-electron chi connectivity index (χ0n) is 29.8. The maximum absolute atomic E-state index is 12.7. The molecular formula is C28H40N7O18P3S. The molecule has 1 aromatic carbocycles. The number of hydrogen-bond acceptors (Lipinski definition) is 19. The van der Waals surface area contributed by atoms with E-state index in [-0.39, 0.29) is 53.1 Å². The first-order valence-corrected chi connectivity index (χ1v) is 21.8.